The van der Waals surface area contributed by atoms with Gasteiger partial charge in [-0.15, -0.1) is 12.3 Å². The van der Waals surface area contributed by atoms with Crippen LogP contribution in [0.1, 0.15) is 23.2 Å². The topological polar surface area (TPSA) is 56.1 Å². The number of benzene rings is 2. The average Bonchev–Trinajstić information content (AvgIpc) is 3.52. The maximum Gasteiger partial charge on any atom is 0.435 e. The van der Waals surface area contributed by atoms with Gasteiger partial charge in [-0.3, -0.25) is 4.79 Å². The van der Waals surface area contributed by atoms with E-state index in [9.17, 15) is 18.0 Å². The predicted molar refractivity (Wildman–Crippen MR) is 114 cm³/mol. The van der Waals surface area contributed by atoms with Gasteiger partial charge >= 0.3 is 6.18 Å². The van der Waals surface area contributed by atoms with Crippen LogP contribution in [0.25, 0.3) is 11.3 Å². The summed E-state index contributed by atoms with van der Waals surface area (Å²) in [6.07, 6.45) is 3.82. The third-order valence-corrected chi connectivity index (χ3v) is 4.75. The van der Waals surface area contributed by atoms with Gasteiger partial charge in [0, 0.05) is 23.7 Å². The summed E-state index contributed by atoms with van der Waals surface area (Å²) in [5.41, 5.74) is 2.58. The van der Waals surface area contributed by atoms with Crippen LogP contribution in [0.15, 0.2) is 60.7 Å². The van der Waals surface area contributed by atoms with E-state index in [-0.39, 0.29) is 5.88 Å². The first kappa shape index (κ1) is 21.2. The predicted octanol–water partition coefficient (Wildman–Crippen LogP) is 4.87. The highest BCUT2D eigenvalue weighted by Gasteiger charge is 2.36. The van der Waals surface area contributed by atoms with E-state index in [1.807, 2.05) is 12.1 Å². The first-order valence-corrected chi connectivity index (χ1v) is 9.76. The number of terminal acetylenes is 1. The number of carbonyl (C=O) groups is 1. The van der Waals surface area contributed by atoms with Crippen molar-refractivity contribution in [1.29, 1.82) is 0 Å². The Morgan fingerprint density at radius 3 is 2.56 bits per heavy atom. The molecule has 32 heavy (non-hydrogen) atoms. The molecule has 162 valence electrons. The number of anilines is 1. The van der Waals surface area contributed by atoms with Crippen LogP contribution in [0.2, 0.25) is 0 Å². The lowest BCUT2D eigenvalue weighted by molar-refractivity contribution is -0.141. The van der Waals surface area contributed by atoms with Crippen LogP contribution >= 0.6 is 0 Å². The molecule has 0 aliphatic heterocycles. The second-order valence-electron chi connectivity index (χ2n) is 7.14. The molecule has 0 spiro atoms. The Balaban J connectivity index is 1.53. The van der Waals surface area contributed by atoms with Crippen molar-refractivity contribution >= 4 is 17.2 Å². The Labute approximate surface area is 182 Å². The third kappa shape index (κ3) is 4.83. The number of allylic oxidation sites excluding steroid dienone is 2. The van der Waals surface area contributed by atoms with E-state index in [1.54, 1.807) is 42.5 Å². The highest BCUT2D eigenvalue weighted by Crippen LogP contribution is 2.37. The summed E-state index contributed by atoms with van der Waals surface area (Å²) >= 11 is 0. The van der Waals surface area contributed by atoms with Crippen LogP contribution in [0.4, 0.5) is 18.9 Å². The van der Waals surface area contributed by atoms with E-state index < -0.39 is 24.4 Å². The van der Waals surface area contributed by atoms with Crippen molar-refractivity contribution in [3.63, 3.8) is 0 Å². The molecular formula is C24H18F3N3O2. The number of hydrogen-bond acceptors (Lipinski definition) is 3. The summed E-state index contributed by atoms with van der Waals surface area (Å²) in [5.74, 6) is 1.83. The quantitative estimate of drug-likeness (QED) is 0.537. The summed E-state index contributed by atoms with van der Waals surface area (Å²) in [6, 6.07) is 14.7. The fourth-order valence-corrected chi connectivity index (χ4v) is 3.14. The zero-order valence-electron chi connectivity index (χ0n) is 16.8. The minimum Gasteiger partial charge on any atom is -0.467 e. The summed E-state index contributed by atoms with van der Waals surface area (Å²) in [7, 11) is 0. The van der Waals surface area contributed by atoms with Gasteiger partial charge in [-0.1, -0.05) is 36.4 Å². The van der Waals surface area contributed by atoms with E-state index in [0.29, 0.717) is 17.8 Å². The van der Waals surface area contributed by atoms with Crippen molar-refractivity contribution in [1.82, 2.24) is 9.78 Å². The number of carbonyl (C=O) groups excluding carboxylic acids is 1. The molecule has 0 bridgehead atoms. The highest BCUT2D eigenvalue weighted by atomic mass is 19.4. The lowest BCUT2D eigenvalue weighted by Crippen LogP contribution is -2.21. The molecular weight excluding hydrogens is 419 g/mol. The number of hydrogen-bond donors (Lipinski definition) is 1. The molecule has 2 aromatic carbocycles. The van der Waals surface area contributed by atoms with Crippen molar-refractivity contribution in [2.45, 2.75) is 19.0 Å². The minimum atomic E-state index is -4.65. The second kappa shape index (κ2) is 8.63. The summed E-state index contributed by atoms with van der Waals surface area (Å²) < 4.78 is 46.5. The molecule has 0 saturated heterocycles. The van der Waals surface area contributed by atoms with Gasteiger partial charge < -0.3 is 10.1 Å². The minimum absolute atomic E-state index is 0.175. The van der Waals surface area contributed by atoms with Gasteiger partial charge in [0.1, 0.15) is 0 Å². The van der Waals surface area contributed by atoms with E-state index in [4.69, 9.17) is 11.2 Å². The Morgan fingerprint density at radius 1 is 1.19 bits per heavy atom. The number of aromatic nitrogens is 2. The molecule has 4 rings (SSSR count). The van der Waals surface area contributed by atoms with Gasteiger partial charge in [-0.05, 0) is 35.8 Å². The van der Waals surface area contributed by atoms with Crippen LogP contribution in [0.5, 0.6) is 5.88 Å². The van der Waals surface area contributed by atoms with Crippen LogP contribution in [-0.4, -0.2) is 22.3 Å². The number of nitrogens with zero attached hydrogens (tertiary/aromatic N) is 2. The normalized spacial score (nSPS) is 12.6. The lowest BCUT2D eigenvalue weighted by atomic mass is 10.1. The van der Waals surface area contributed by atoms with E-state index in [2.05, 4.69) is 16.3 Å². The monoisotopic (exact) mass is 437 g/mol. The molecule has 1 amide bonds. The van der Waals surface area contributed by atoms with Crippen LogP contribution in [0, 0.1) is 12.3 Å². The maximum atomic E-state index is 13.3. The molecule has 1 N–H and O–H groups in total. The number of rotatable bonds is 7. The molecule has 1 aromatic heterocycles. The molecule has 8 heteroatoms. The molecule has 5 nitrogen and oxygen atoms in total. The first-order chi connectivity index (χ1) is 15.3. The zero-order valence-corrected chi connectivity index (χ0v) is 16.8. The van der Waals surface area contributed by atoms with Gasteiger partial charge in [0.15, 0.2) is 12.3 Å². The van der Waals surface area contributed by atoms with Gasteiger partial charge in [-0.2, -0.15) is 23.0 Å². The average molecular weight is 437 g/mol. The van der Waals surface area contributed by atoms with Crippen molar-refractivity contribution in [2.24, 2.45) is 0 Å². The van der Waals surface area contributed by atoms with Gasteiger partial charge in [0.25, 0.3) is 5.91 Å². The van der Waals surface area contributed by atoms with Gasteiger partial charge in [0.2, 0.25) is 5.88 Å². The van der Waals surface area contributed by atoms with Crippen molar-refractivity contribution in [2.75, 3.05) is 11.9 Å². The molecule has 1 aliphatic carbocycles. The molecule has 1 heterocycles. The molecule has 0 unspecified atom stereocenters. The van der Waals surface area contributed by atoms with Crippen molar-refractivity contribution in [3.05, 3.63) is 77.5 Å². The van der Waals surface area contributed by atoms with E-state index >= 15 is 0 Å². The number of nitrogens with one attached hydrogen (secondary N) is 1. The lowest BCUT2D eigenvalue weighted by Gasteiger charge is -2.12. The number of halogens is 3. The second-order valence-corrected chi connectivity index (χ2v) is 7.14. The van der Waals surface area contributed by atoms with Gasteiger partial charge in [-0.25, -0.2) is 0 Å². The summed E-state index contributed by atoms with van der Waals surface area (Å²) in [5, 5.41) is 6.34. The van der Waals surface area contributed by atoms with E-state index in [0.717, 1.165) is 33.9 Å². The SMILES string of the molecule is C#CCc1ccc(NC(=O)COc2cc(C(F)(F)F)nn2-c2ccccc2C2=CC2)cc1. The molecule has 0 atom stereocenters. The largest absolute Gasteiger partial charge is 0.467 e. The smallest absolute Gasteiger partial charge is 0.435 e. The fraction of sp³-hybridized carbons (Fsp3) is 0.167. The van der Waals surface area contributed by atoms with Crippen LogP contribution in [0.3, 0.4) is 0 Å². The first-order valence-electron chi connectivity index (χ1n) is 9.76. The zero-order chi connectivity index (χ0) is 22.7. The number of ether oxygens (including phenoxy) is 1. The number of amides is 1. The summed E-state index contributed by atoms with van der Waals surface area (Å²) in [4.78, 5) is 12.3. The third-order valence-electron chi connectivity index (χ3n) is 4.75. The maximum absolute atomic E-state index is 13.3. The number of para-hydroxylation sites is 1. The standard InChI is InChI=1S/C24H18F3N3O2/c1-2-5-16-8-12-18(13-9-16)28-22(31)15-32-23-14-21(24(25,26)27)29-30(23)20-7-4-3-6-19(20)17-10-11-17/h1,3-4,6-10,12-14H,5,11,15H2,(H,28,31). The summed E-state index contributed by atoms with van der Waals surface area (Å²) in [6.45, 7) is -0.486. The van der Waals surface area contributed by atoms with Gasteiger partial charge in [0.05, 0.1) is 5.69 Å². The Morgan fingerprint density at radius 2 is 1.91 bits per heavy atom. The molecule has 0 saturated carbocycles. The van der Waals surface area contributed by atoms with E-state index in [1.165, 1.54) is 0 Å². The Hall–Kier alpha value is -3.99. The molecule has 0 fully saturated rings. The van der Waals surface area contributed by atoms with Crippen LogP contribution in [-0.2, 0) is 17.4 Å². The molecule has 0 radical (unpaired) electrons. The Kier molecular flexibility index (Phi) is 5.73. The van der Waals surface area contributed by atoms with Crippen LogP contribution < -0.4 is 10.1 Å². The highest BCUT2D eigenvalue weighted by molar-refractivity contribution is 5.91. The van der Waals surface area contributed by atoms with Crippen molar-refractivity contribution in [3.8, 4) is 23.9 Å². The number of alkyl halides is 3. The fourth-order valence-electron chi connectivity index (χ4n) is 3.14. The molecule has 1 aliphatic rings. The Bertz CT molecular complexity index is 1220. The molecule has 3 aromatic rings. The van der Waals surface area contributed by atoms with Crippen molar-refractivity contribution < 1.29 is 22.7 Å².